The maximum atomic E-state index is 12.6. The third-order valence-corrected chi connectivity index (χ3v) is 2.94. The van der Waals surface area contributed by atoms with Crippen molar-refractivity contribution in [3.63, 3.8) is 0 Å². The van der Waals surface area contributed by atoms with Crippen LogP contribution in [0.4, 0.5) is 18.9 Å². The van der Waals surface area contributed by atoms with Crippen LogP contribution in [-0.2, 0) is 6.18 Å². The van der Waals surface area contributed by atoms with E-state index in [1.54, 1.807) is 0 Å². The van der Waals surface area contributed by atoms with Crippen molar-refractivity contribution in [2.45, 2.75) is 31.2 Å². The number of nitrogens with one attached hydrogen (secondary N) is 1. The molecule has 3 nitrogen and oxygen atoms in total. The fourth-order valence-corrected chi connectivity index (χ4v) is 1.71. The van der Waals surface area contributed by atoms with Crippen LogP contribution in [0.25, 0.3) is 0 Å². The number of nitrogen functional groups attached to an aromatic ring is 1. The Morgan fingerprint density at radius 1 is 1.30 bits per heavy atom. The highest BCUT2D eigenvalue weighted by Gasteiger charge is 2.33. The van der Waals surface area contributed by atoms with Gasteiger partial charge in [0.1, 0.15) is 0 Å². The zero-order chi connectivity index (χ0) is 13.3. The molecule has 4 N–H and O–H groups in total. The van der Waals surface area contributed by atoms with Crippen molar-refractivity contribution in [1.29, 1.82) is 0 Å². The first-order valence-electron chi connectivity index (χ1n) is 5.76. The van der Waals surface area contributed by atoms with Gasteiger partial charge in [0.2, 0.25) is 0 Å². The average Bonchev–Trinajstić information content (AvgIpc) is 3.08. The first-order valence-corrected chi connectivity index (χ1v) is 5.76. The quantitative estimate of drug-likeness (QED) is 0.743. The van der Waals surface area contributed by atoms with Crippen molar-refractivity contribution in [2.24, 2.45) is 0 Å². The van der Waals surface area contributed by atoms with Gasteiger partial charge in [0.25, 0.3) is 0 Å². The molecule has 1 saturated carbocycles. The van der Waals surface area contributed by atoms with Crippen molar-refractivity contribution in [2.75, 3.05) is 12.3 Å². The number of anilines is 1. The van der Waals surface area contributed by atoms with Gasteiger partial charge in [-0.1, -0.05) is 6.07 Å². The van der Waals surface area contributed by atoms with Crippen molar-refractivity contribution in [3.05, 3.63) is 29.3 Å². The van der Waals surface area contributed by atoms with Crippen LogP contribution in [0.3, 0.4) is 0 Å². The smallest absolute Gasteiger partial charge is 0.398 e. The molecule has 0 bridgehead atoms. The second kappa shape index (κ2) is 7.36. The molecule has 1 unspecified atom stereocenters. The summed E-state index contributed by atoms with van der Waals surface area (Å²) in [4.78, 5) is 0. The lowest BCUT2D eigenvalue weighted by molar-refractivity contribution is -0.137. The Kier molecular flexibility index (Phi) is 7.10. The highest BCUT2D eigenvalue weighted by atomic mass is 35.5. The fraction of sp³-hybridized carbons (Fsp3) is 0.500. The molecule has 116 valence electrons. The molecule has 1 fully saturated rings. The van der Waals surface area contributed by atoms with E-state index in [2.05, 4.69) is 5.32 Å². The third-order valence-electron chi connectivity index (χ3n) is 2.94. The van der Waals surface area contributed by atoms with Crippen LogP contribution in [-0.4, -0.2) is 17.7 Å². The maximum absolute atomic E-state index is 12.6. The molecule has 8 heteroatoms. The van der Waals surface area contributed by atoms with Crippen LogP contribution < -0.4 is 11.1 Å². The van der Waals surface area contributed by atoms with Crippen molar-refractivity contribution in [1.82, 2.24) is 5.32 Å². The highest BCUT2D eigenvalue weighted by Crippen LogP contribution is 2.35. The lowest BCUT2D eigenvalue weighted by Gasteiger charge is -2.16. The van der Waals surface area contributed by atoms with Crippen LogP contribution in [0.15, 0.2) is 18.2 Å². The average molecular weight is 333 g/mol. The normalized spacial score (nSPS) is 16.0. The summed E-state index contributed by atoms with van der Waals surface area (Å²) in [5.41, 5.74) is 4.29. The molecule has 20 heavy (non-hydrogen) atoms. The van der Waals surface area contributed by atoms with Crippen LogP contribution in [0.2, 0.25) is 0 Å². The van der Waals surface area contributed by atoms with Crippen molar-refractivity contribution < 1.29 is 18.3 Å². The summed E-state index contributed by atoms with van der Waals surface area (Å²) in [5.74, 6) is 0. The van der Waals surface area contributed by atoms with E-state index in [4.69, 9.17) is 5.73 Å². The minimum Gasteiger partial charge on any atom is -0.398 e. The first kappa shape index (κ1) is 19.3. The number of hydrogen-bond acceptors (Lipinski definition) is 3. The van der Waals surface area contributed by atoms with E-state index in [1.165, 1.54) is 12.1 Å². The first-order chi connectivity index (χ1) is 8.38. The number of aliphatic hydroxyl groups excluding tert-OH is 1. The number of rotatable bonds is 4. The van der Waals surface area contributed by atoms with Crippen molar-refractivity contribution >= 4 is 30.5 Å². The Morgan fingerprint density at radius 3 is 2.40 bits per heavy atom. The highest BCUT2D eigenvalue weighted by molar-refractivity contribution is 5.85. The summed E-state index contributed by atoms with van der Waals surface area (Å²) in [6, 6.07) is 3.91. The van der Waals surface area contributed by atoms with Gasteiger partial charge in [-0.05, 0) is 30.5 Å². The Balaban J connectivity index is 0.00000180. The van der Waals surface area contributed by atoms with Gasteiger partial charge in [-0.25, -0.2) is 0 Å². The molecule has 0 radical (unpaired) electrons. The van der Waals surface area contributed by atoms with Crippen LogP contribution in [0, 0.1) is 0 Å². The largest absolute Gasteiger partial charge is 0.418 e. The molecule has 0 amide bonds. The molecule has 1 aliphatic rings. The predicted molar refractivity (Wildman–Crippen MR) is 76.3 cm³/mol. The summed E-state index contributed by atoms with van der Waals surface area (Å²) in [6.07, 6.45) is -3.33. The van der Waals surface area contributed by atoms with Gasteiger partial charge >= 0.3 is 6.18 Å². The monoisotopic (exact) mass is 332 g/mol. The molecule has 1 aromatic rings. The third kappa shape index (κ3) is 5.01. The number of alkyl halides is 3. The number of hydrogen-bond donors (Lipinski definition) is 3. The van der Waals surface area contributed by atoms with Crippen LogP contribution >= 0.6 is 24.8 Å². The van der Waals surface area contributed by atoms with E-state index in [0.717, 1.165) is 18.9 Å². The van der Waals surface area contributed by atoms with E-state index in [1.807, 2.05) is 0 Å². The van der Waals surface area contributed by atoms with Gasteiger partial charge in [0, 0.05) is 18.3 Å². The molecular weight excluding hydrogens is 316 g/mol. The van der Waals surface area contributed by atoms with Crippen LogP contribution in [0.1, 0.15) is 30.1 Å². The van der Waals surface area contributed by atoms with E-state index in [9.17, 15) is 18.3 Å². The van der Waals surface area contributed by atoms with Gasteiger partial charge in [0.05, 0.1) is 11.7 Å². The van der Waals surface area contributed by atoms with E-state index in [-0.39, 0.29) is 42.6 Å². The molecule has 0 aliphatic heterocycles. The van der Waals surface area contributed by atoms with Gasteiger partial charge in [-0.3, -0.25) is 0 Å². The minimum atomic E-state index is -4.50. The topological polar surface area (TPSA) is 58.3 Å². The molecule has 0 heterocycles. The summed E-state index contributed by atoms with van der Waals surface area (Å²) in [6.45, 7) is 0.256. The Bertz CT molecular complexity index is 439. The molecule has 2 rings (SSSR count). The molecule has 0 aromatic heterocycles. The van der Waals surface area contributed by atoms with Gasteiger partial charge in [0.15, 0.2) is 0 Å². The standard InChI is InChI=1S/C12H15F3N2O.2ClH/c13-12(14,15)9-5-7(1-4-10(9)16)11(18)6-17-8-2-3-8;;/h1,4-5,8,11,17-18H,2-3,6,16H2;2*1H. The number of nitrogens with two attached hydrogens (primary N) is 1. The zero-order valence-electron chi connectivity index (χ0n) is 10.5. The number of aliphatic hydroxyl groups is 1. The molecule has 0 saturated heterocycles. The van der Waals surface area contributed by atoms with E-state index >= 15 is 0 Å². The van der Waals surface area contributed by atoms with E-state index < -0.39 is 17.8 Å². The van der Waals surface area contributed by atoms with E-state index in [0.29, 0.717) is 6.04 Å². The SMILES string of the molecule is Cl.Cl.Nc1ccc(C(O)CNC2CC2)cc1C(F)(F)F. The lowest BCUT2D eigenvalue weighted by atomic mass is 10.0. The Labute approximate surface area is 127 Å². The molecule has 0 spiro atoms. The summed E-state index contributed by atoms with van der Waals surface area (Å²) < 4.78 is 37.9. The second-order valence-corrected chi connectivity index (χ2v) is 4.54. The summed E-state index contributed by atoms with van der Waals surface area (Å²) in [7, 11) is 0. The molecular formula is C12H17Cl2F3N2O. The molecule has 1 atom stereocenters. The maximum Gasteiger partial charge on any atom is 0.418 e. The zero-order valence-corrected chi connectivity index (χ0v) is 12.1. The Morgan fingerprint density at radius 2 is 1.90 bits per heavy atom. The second-order valence-electron chi connectivity index (χ2n) is 4.54. The van der Waals surface area contributed by atoms with Crippen LogP contribution in [0.5, 0.6) is 0 Å². The van der Waals surface area contributed by atoms with Gasteiger partial charge in [-0.2, -0.15) is 13.2 Å². The molecule has 1 aliphatic carbocycles. The number of halogens is 5. The minimum absolute atomic E-state index is 0. The van der Waals surface area contributed by atoms with Gasteiger partial charge in [-0.15, -0.1) is 24.8 Å². The summed E-state index contributed by atoms with van der Waals surface area (Å²) >= 11 is 0. The summed E-state index contributed by atoms with van der Waals surface area (Å²) in [5, 5.41) is 12.9. The lowest BCUT2D eigenvalue weighted by Crippen LogP contribution is -2.23. The predicted octanol–water partition coefficient (Wildman–Crippen LogP) is 2.92. The van der Waals surface area contributed by atoms with Gasteiger partial charge < -0.3 is 16.2 Å². The fourth-order valence-electron chi connectivity index (χ4n) is 1.71. The Hall–Kier alpha value is -0.690. The molecule has 1 aromatic carbocycles. The van der Waals surface area contributed by atoms with Crippen molar-refractivity contribution in [3.8, 4) is 0 Å². The number of benzene rings is 1.